The zero-order chi connectivity index (χ0) is 14.3. The number of aromatic nitrogens is 1. The Balaban J connectivity index is 2.72. The van der Waals surface area contributed by atoms with Crippen molar-refractivity contribution in [1.29, 1.82) is 0 Å². The molecule has 0 spiro atoms. The van der Waals surface area contributed by atoms with E-state index in [0.29, 0.717) is 0 Å². The van der Waals surface area contributed by atoms with Gasteiger partial charge in [0.2, 0.25) is 5.09 Å². The quantitative estimate of drug-likeness (QED) is 0.917. The van der Waals surface area contributed by atoms with Crippen LogP contribution < -0.4 is 5.14 Å². The largest absolute Gasteiger partial charge is 0.451 e. The van der Waals surface area contributed by atoms with Crippen LogP contribution in [0.3, 0.4) is 0 Å². The Bertz CT molecular complexity index is 707. The SMILES string of the molecule is NS(=O)(=O)c1occc1-c1ncccc1C(F)(F)F. The lowest BCUT2D eigenvalue weighted by molar-refractivity contribution is -0.137. The van der Waals surface area contributed by atoms with E-state index in [4.69, 9.17) is 5.14 Å². The van der Waals surface area contributed by atoms with Crippen LogP contribution in [0.25, 0.3) is 11.3 Å². The van der Waals surface area contributed by atoms with Gasteiger partial charge in [-0.25, -0.2) is 13.6 Å². The van der Waals surface area contributed by atoms with E-state index < -0.39 is 32.5 Å². The van der Waals surface area contributed by atoms with Crippen LogP contribution in [0.1, 0.15) is 5.56 Å². The molecule has 0 aliphatic rings. The molecule has 0 radical (unpaired) electrons. The average molecular weight is 292 g/mol. The predicted molar refractivity (Wildman–Crippen MR) is 58.3 cm³/mol. The summed E-state index contributed by atoms with van der Waals surface area (Å²) >= 11 is 0. The highest BCUT2D eigenvalue weighted by molar-refractivity contribution is 7.89. The fourth-order valence-corrected chi connectivity index (χ4v) is 2.20. The van der Waals surface area contributed by atoms with Crippen molar-refractivity contribution in [3.8, 4) is 11.3 Å². The molecule has 19 heavy (non-hydrogen) atoms. The van der Waals surface area contributed by atoms with Crippen molar-refractivity contribution >= 4 is 10.0 Å². The summed E-state index contributed by atoms with van der Waals surface area (Å²) in [7, 11) is -4.27. The molecule has 0 aliphatic carbocycles. The second-order valence-corrected chi connectivity index (χ2v) is 5.02. The molecule has 9 heteroatoms. The molecule has 2 heterocycles. The first-order chi connectivity index (χ1) is 8.71. The summed E-state index contributed by atoms with van der Waals surface area (Å²) in [6, 6.07) is 2.96. The molecule has 2 aromatic rings. The van der Waals surface area contributed by atoms with Gasteiger partial charge in [0, 0.05) is 6.20 Å². The first kappa shape index (κ1) is 13.6. The van der Waals surface area contributed by atoms with Gasteiger partial charge < -0.3 is 4.42 Å². The van der Waals surface area contributed by atoms with Crippen molar-refractivity contribution < 1.29 is 26.0 Å². The van der Waals surface area contributed by atoms with Gasteiger partial charge in [-0.2, -0.15) is 13.2 Å². The summed E-state index contributed by atoms with van der Waals surface area (Å²) < 4.78 is 65.5. The van der Waals surface area contributed by atoms with Crippen LogP contribution in [0.4, 0.5) is 13.2 Å². The van der Waals surface area contributed by atoms with Gasteiger partial charge in [-0.15, -0.1) is 0 Å². The molecule has 2 aromatic heterocycles. The first-order valence-corrected chi connectivity index (χ1v) is 6.39. The molecule has 5 nitrogen and oxygen atoms in total. The highest BCUT2D eigenvalue weighted by Crippen LogP contribution is 2.37. The standard InChI is InChI=1S/C10H7F3N2O3S/c11-10(12,13)7-2-1-4-15-8(7)6-3-5-18-9(6)19(14,16)17/h1-5H,(H2,14,16,17). The summed E-state index contributed by atoms with van der Waals surface area (Å²) in [5.41, 5.74) is -1.94. The van der Waals surface area contributed by atoms with Crippen molar-refractivity contribution in [1.82, 2.24) is 4.98 Å². The molecule has 0 fully saturated rings. The van der Waals surface area contributed by atoms with E-state index in [9.17, 15) is 21.6 Å². The lowest BCUT2D eigenvalue weighted by atomic mass is 10.1. The number of alkyl halides is 3. The van der Waals surface area contributed by atoms with E-state index in [0.717, 1.165) is 30.7 Å². The summed E-state index contributed by atoms with van der Waals surface area (Å²) in [4.78, 5) is 3.56. The molecule has 0 saturated heterocycles. The highest BCUT2D eigenvalue weighted by atomic mass is 32.2. The molecule has 0 unspecified atom stereocenters. The highest BCUT2D eigenvalue weighted by Gasteiger charge is 2.36. The summed E-state index contributed by atoms with van der Waals surface area (Å²) in [6.45, 7) is 0. The smallest absolute Gasteiger partial charge is 0.418 e. The van der Waals surface area contributed by atoms with Gasteiger partial charge in [-0.3, -0.25) is 4.98 Å². The average Bonchev–Trinajstić information content (AvgIpc) is 2.76. The van der Waals surface area contributed by atoms with E-state index >= 15 is 0 Å². The van der Waals surface area contributed by atoms with Gasteiger partial charge in [0.15, 0.2) is 0 Å². The fourth-order valence-electron chi connectivity index (χ4n) is 1.54. The zero-order valence-corrected chi connectivity index (χ0v) is 9.99. The Morgan fingerprint density at radius 2 is 1.95 bits per heavy atom. The third-order valence-electron chi connectivity index (χ3n) is 2.26. The van der Waals surface area contributed by atoms with E-state index in [-0.39, 0.29) is 5.56 Å². The number of hydrogen-bond donors (Lipinski definition) is 1. The summed E-state index contributed by atoms with van der Waals surface area (Å²) in [6.07, 6.45) is -2.62. The van der Waals surface area contributed by atoms with E-state index in [1.165, 1.54) is 0 Å². The van der Waals surface area contributed by atoms with Gasteiger partial charge in [0.05, 0.1) is 23.1 Å². The van der Waals surface area contributed by atoms with Gasteiger partial charge >= 0.3 is 6.18 Å². The van der Waals surface area contributed by atoms with E-state index in [1.807, 2.05) is 0 Å². The molecule has 0 saturated carbocycles. The number of hydrogen-bond acceptors (Lipinski definition) is 4. The van der Waals surface area contributed by atoms with Gasteiger partial charge in [0.25, 0.3) is 10.0 Å². The number of halogens is 3. The van der Waals surface area contributed by atoms with Crippen LogP contribution in [-0.4, -0.2) is 13.4 Å². The van der Waals surface area contributed by atoms with Gasteiger partial charge in [0.1, 0.15) is 0 Å². The second-order valence-electron chi connectivity index (χ2n) is 3.56. The van der Waals surface area contributed by atoms with Crippen molar-refractivity contribution in [2.75, 3.05) is 0 Å². The number of sulfonamides is 1. The third-order valence-corrected chi connectivity index (χ3v) is 3.09. The Hall–Kier alpha value is -1.87. The van der Waals surface area contributed by atoms with Crippen LogP contribution in [0.2, 0.25) is 0 Å². The van der Waals surface area contributed by atoms with Crippen LogP contribution in [0.15, 0.2) is 40.2 Å². The van der Waals surface area contributed by atoms with Gasteiger partial charge in [-0.1, -0.05) is 0 Å². The number of pyridine rings is 1. The number of primary sulfonamides is 1. The number of nitrogens with zero attached hydrogens (tertiary/aromatic N) is 1. The van der Waals surface area contributed by atoms with Crippen molar-refractivity contribution in [3.63, 3.8) is 0 Å². The second kappa shape index (κ2) is 4.35. The molecule has 0 atom stereocenters. The maximum Gasteiger partial charge on any atom is 0.418 e. The van der Waals surface area contributed by atoms with Crippen molar-refractivity contribution in [3.05, 3.63) is 36.2 Å². The molecule has 2 N–H and O–H groups in total. The van der Waals surface area contributed by atoms with Crippen molar-refractivity contribution in [2.24, 2.45) is 5.14 Å². The topological polar surface area (TPSA) is 86.2 Å². The lowest BCUT2D eigenvalue weighted by Crippen LogP contribution is -2.14. The molecule has 102 valence electrons. The molecular formula is C10H7F3N2O3S. The monoisotopic (exact) mass is 292 g/mol. The van der Waals surface area contributed by atoms with Gasteiger partial charge in [-0.05, 0) is 18.2 Å². The molecule has 0 aromatic carbocycles. The molecule has 2 rings (SSSR count). The van der Waals surface area contributed by atoms with E-state index in [2.05, 4.69) is 9.40 Å². The first-order valence-electron chi connectivity index (χ1n) is 4.84. The summed E-state index contributed by atoms with van der Waals surface area (Å²) in [5.74, 6) is 0. The number of nitrogens with two attached hydrogens (primary N) is 1. The third kappa shape index (κ3) is 2.61. The molecule has 0 aliphatic heterocycles. The minimum atomic E-state index is -4.67. The zero-order valence-electron chi connectivity index (χ0n) is 9.18. The Kier molecular flexibility index (Phi) is 3.11. The predicted octanol–water partition coefficient (Wildman–Crippen LogP) is 2.01. The maximum atomic E-state index is 12.8. The Morgan fingerprint density at radius 3 is 2.53 bits per heavy atom. The Morgan fingerprint density at radius 1 is 1.26 bits per heavy atom. The summed E-state index contributed by atoms with van der Waals surface area (Å²) in [5, 5.41) is 4.11. The Labute approximate surface area is 105 Å². The van der Waals surface area contributed by atoms with Crippen LogP contribution in [-0.2, 0) is 16.2 Å². The molecular weight excluding hydrogens is 285 g/mol. The minimum absolute atomic E-state index is 0.324. The molecule has 0 amide bonds. The number of rotatable bonds is 2. The van der Waals surface area contributed by atoms with Crippen molar-refractivity contribution in [2.45, 2.75) is 11.3 Å². The minimum Gasteiger partial charge on any atom is -0.451 e. The van der Waals surface area contributed by atoms with E-state index in [1.54, 1.807) is 0 Å². The van der Waals surface area contributed by atoms with Crippen LogP contribution in [0, 0.1) is 0 Å². The number of furan rings is 1. The molecule has 0 bridgehead atoms. The maximum absolute atomic E-state index is 12.8. The van der Waals surface area contributed by atoms with Crippen LogP contribution in [0.5, 0.6) is 0 Å². The van der Waals surface area contributed by atoms with Crippen LogP contribution >= 0.6 is 0 Å². The lowest BCUT2D eigenvalue weighted by Gasteiger charge is -2.10. The normalized spacial score (nSPS) is 12.6. The fraction of sp³-hybridized carbons (Fsp3) is 0.100.